The Balaban J connectivity index is 1.59. The van der Waals surface area contributed by atoms with Gasteiger partial charge in [-0.05, 0) is 73.9 Å². The lowest BCUT2D eigenvalue weighted by atomic mass is 9.66. The zero-order valence-corrected chi connectivity index (χ0v) is 17.7. The molecule has 0 radical (unpaired) electrons. The average molecular weight is 407 g/mol. The van der Waals surface area contributed by atoms with Gasteiger partial charge in [0.15, 0.2) is 0 Å². The first kappa shape index (κ1) is 19.4. The Morgan fingerprint density at radius 1 is 1.13 bits per heavy atom. The highest BCUT2D eigenvalue weighted by Gasteiger charge is 2.63. The summed E-state index contributed by atoms with van der Waals surface area (Å²) in [5.41, 5.74) is 16.8. The molecule has 6 nitrogen and oxygen atoms in total. The molecule has 2 aromatic rings. The first-order valence-electron chi connectivity index (χ1n) is 10.9. The van der Waals surface area contributed by atoms with Gasteiger partial charge in [-0.2, -0.15) is 0 Å². The van der Waals surface area contributed by atoms with Crippen molar-refractivity contribution in [1.82, 2.24) is 5.06 Å². The first-order chi connectivity index (χ1) is 14.5. The smallest absolute Gasteiger partial charge is 0.220 e. The fourth-order valence-electron chi connectivity index (χ4n) is 5.60. The summed E-state index contributed by atoms with van der Waals surface area (Å²) >= 11 is 0. The van der Waals surface area contributed by atoms with Crippen molar-refractivity contribution in [3.05, 3.63) is 53.6 Å². The van der Waals surface area contributed by atoms with Crippen LogP contribution in [0.4, 0.5) is 5.69 Å². The van der Waals surface area contributed by atoms with E-state index >= 15 is 0 Å². The lowest BCUT2D eigenvalue weighted by molar-refractivity contribution is -0.232. The third-order valence-corrected chi connectivity index (χ3v) is 7.10. The van der Waals surface area contributed by atoms with Crippen LogP contribution in [0.2, 0.25) is 0 Å². The molecular weight excluding hydrogens is 376 g/mol. The van der Waals surface area contributed by atoms with E-state index in [1.54, 1.807) is 5.06 Å². The van der Waals surface area contributed by atoms with Crippen LogP contribution in [0.5, 0.6) is 0 Å². The Kier molecular flexibility index (Phi) is 4.52. The second-order valence-corrected chi connectivity index (χ2v) is 8.81. The Morgan fingerprint density at radius 3 is 2.57 bits per heavy atom. The van der Waals surface area contributed by atoms with E-state index in [4.69, 9.17) is 26.0 Å². The van der Waals surface area contributed by atoms with Crippen molar-refractivity contribution in [2.75, 3.05) is 19.4 Å². The number of rotatable bonds is 3. The molecule has 1 unspecified atom stereocenters. The molecule has 3 aliphatic rings. The van der Waals surface area contributed by atoms with E-state index in [1.165, 1.54) is 5.56 Å². The first-order valence-corrected chi connectivity index (χ1v) is 10.9. The van der Waals surface area contributed by atoms with Gasteiger partial charge in [0.2, 0.25) is 11.7 Å². The maximum absolute atomic E-state index is 6.49. The molecule has 0 amide bonds. The van der Waals surface area contributed by atoms with Gasteiger partial charge in [0.25, 0.3) is 0 Å². The van der Waals surface area contributed by atoms with Gasteiger partial charge in [0.1, 0.15) is 0 Å². The SMILES string of the molecule is CCOC1CCC2(CC1)Cc1ccc(-c3cccc(N)c3)cc1C21N=C(N)N(C)O1. The minimum absolute atomic E-state index is 0.105. The van der Waals surface area contributed by atoms with Gasteiger partial charge in [0.05, 0.1) is 6.10 Å². The Morgan fingerprint density at radius 2 is 1.90 bits per heavy atom. The molecule has 4 N–H and O–H groups in total. The van der Waals surface area contributed by atoms with Crippen molar-refractivity contribution in [2.45, 2.75) is 50.9 Å². The standard InChI is InChI=1S/C24H30N4O2/c1-3-29-20-9-11-23(12-10-20)15-18-8-7-17(16-5-4-6-19(25)13-16)14-21(18)24(23)27-22(26)28(2)30-24/h4-8,13-14,20H,3,9-12,15,25H2,1-2H3,(H2,26,27). The number of benzene rings is 2. The quantitative estimate of drug-likeness (QED) is 0.757. The van der Waals surface area contributed by atoms with E-state index in [-0.39, 0.29) is 5.41 Å². The van der Waals surface area contributed by atoms with Crippen molar-refractivity contribution in [2.24, 2.45) is 16.1 Å². The number of nitrogens with zero attached hydrogens (tertiary/aromatic N) is 2. The van der Waals surface area contributed by atoms with Gasteiger partial charge in [-0.3, -0.25) is 0 Å². The van der Waals surface area contributed by atoms with Crippen LogP contribution >= 0.6 is 0 Å². The summed E-state index contributed by atoms with van der Waals surface area (Å²) in [4.78, 5) is 11.5. The van der Waals surface area contributed by atoms with Crippen LogP contribution in [-0.4, -0.2) is 30.8 Å². The van der Waals surface area contributed by atoms with Crippen LogP contribution in [-0.2, 0) is 21.7 Å². The maximum atomic E-state index is 6.49. The number of anilines is 1. The molecular formula is C24H30N4O2. The molecule has 1 atom stereocenters. The molecule has 6 heteroatoms. The molecule has 0 aromatic heterocycles. The molecule has 1 aliphatic heterocycles. The Bertz CT molecular complexity index is 996. The van der Waals surface area contributed by atoms with Crippen LogP contribution in [0.25, 0.3) is 11.1 Å². The van der Waals surface area contributed by atoms with Gasteiger partial charge < -0.3 is 16.2 Å². The number of aliphatic imine (C=N–C) groups is 1. The van der Waals surface area contributed by atoms with Crippen molar-refractivity contribution >= 4 is 11.6 Å². The summed E-state index contributed by atoms with van der Waals surface area (Å²) in [5, 5.41) is 1.62. The predicted molar refractivity (Wildman–Crippen MR) is 118 cm³/mol. The highest BCUT2D eigenvalue weighted by atomic mass is 16.7. The Labute approximate surface area is 177 Å². The lowest BCUT2D eigenvalue weighted by Crippen LogP contribution is -2.46. The van der Waals surface area contributed by atoms with E-state index < -0.39 is 5.72 Å². The molecule has 2 aliphatic carbocycles. The van der Waals surface area contributed by atoms with E-state index in [0.717, 1.165) is 61.1 Å². The van der Waals surface area contributed by atoms with Gasteiger partial charge in [-0.1, -0.05) is 24.3 Å². The van der Waals surface area contributed by atoms with Gasteiger partial charge >= 0.3 is 0 Å². The monoisotopic (exact) mass is 406 g/mol. The van der Waals surface area contributed by atoms with Gasteiger partial charge in [-0.25, -0.2) is 14.9 Å². The lowest BCUT2D eigenvalue weighted by Gasteiger charge is -2.45. The van der Waals surface area contributed by atoms with E-state index in [0.29, 0.717) is 12.1 Å². The number of hydrogen-bond acceptors (Lipinski definition) is 6. The van der Waals surface area contributed by atoms with Crippen molar-refractivity contribution in [1.29, 1.82) is 0 Å². The zero-order chi connectivity index (χ0) is 20.9. The van der Waals surface area contributed by atoms with Crippen molar-refractivity contribution in [3.63, 3.8) is 0 Å². The minimum Gasteiger partial charge on any atom is -0.399 e. The summed E-state index contributed by atoms with van der Waals surface area (Å²) in [6.45, 7) is 2.83. The zero-order valence-electron chi connectivity index (χ0n) is 17.7. The number of hydroxylamine groups is 2. The molecule has 5 rings (SSSR count). The second-order valence-electron chi connectivity index (χ2n) is 8.81. The normalized spacial score (nSPS) is 30.1. The van der Waals surface area contributed by atoms with E-state index in [9.17, 15) is 0 Å². The van der Waals surface area contributed by atoms with Crippen molar-refractivity contribution < 1.29 is 9.57 Å². The molecule has 0 bridgehead atoms. The largest absolute Gasteiger partial charge is 0.399 e. The maximum Gasteiger partial charge on any atom is 0.220 e. The Hall–Kier alpha value is -2.57. The van der Waals surface area contributed by atoms with E-state index in [1.807, 2.05) is 25.2 Å². The third kappa shape index (κ3) is 2.81. The summed E-state index contributed by atoms with van der Waals surface area (Å²) in [7, 11) is 1.84. The summed E-state index contributed by atoms with van der Waals surface area (Å²) in [6, 6.07) is 14.6. The third-order valence-electron chi connectivity index (χ3n) is 7.10. The molecule has 158 valence electrons. The predicted octanol–water partition coefficient (Wildman–Crippen LogP) is 3.80. The minimum atomic E-state index is -0.769. The molecule has 0 saturated heterocycles. The summed E-state index contributed by atoms with van der Waals surface area (Å²) in [5.74, 6) is 0.434. The average Bonchev–Trinajstić information content (AvgIpc) is 3.18. The van der Waals surface area contributed by atoms with Gasteiger partial charge in [-0.15, -0.1) is 0 Å². The summed E-state index contributed by atoms with van der Waals surface area (Å²) in [6.07, 6.45) is 5.32. The molecule has 2 aromatic carbocycles. The van der Waals surface area contributed by atoms with Crippen LogP contribution in [0.3, 0.4) is 0 Å². The van der Waals surface area contributed by atoms with Crippen LogP contribution in [0, 0.1) is 5.41 Å². The molecule has 1 saturated carbocycles. The van der Waals surface area contributed by atoms with Gasteiger partial charge in [0, 0.05) is 30.3 Å². The van der Waals surface area contributed by atoms with Crippen LogP contribution in [0.1, 0.15) is 43.7 Å². The number of nitrogen functional groups attached to an aromatic ring is 1. The molecule has 1 heterocycles. The topological polar surface area (TPSA) is 86.1 Å². The van der Waals surface area contributed by atoms with E-state index in [2.05, 4.69) is 31.2 Å². The number of fused-ring (bicyclic) bond motifs is 3. The highest BCUT2D eigenvalue weighted by Crippen LogP contribution is 2.62. The molecule has 1 fully saturated rings. The number of hydrogen-bond donors (Lipinski definition) is 2. The number of ether oxygens (including phenoxy) is 1. The van der Waals surface area contributed by atoms with Crippen molar-refractivity contribution in [3.8, 4) is 11.1 Å². The molecule has 2 spiro atoms. The fraction of sp³-hybridized carbons (Fsp3) is 0.458. The molecule has 30 heavy (non-hydrogen) atoms. The highest BCUT2D eigenvalue weighted by molar-refractivity contribution is 5.79. The fourth-order valence-corrected chi connectivity index (χ4v) is 5.60. The van der Waals surface area contributed by atoms with Crippen LogP contribution < -0.4 is 11.5 Å². The number of guanidine groups is 1. The summed E-state index contributed by atoms with van der Waals surface area (Å²) < 4.78 is 5.92. The number of nitrogens with two attached hydrogens (primary N) is 2. The second kappa shape index (κ2) is 7.00. The van der Waals surface area contributed by atoms with Crippen LogP contribution in [0.15, 0.2) is 47.5 Å².